The minimum absolute atomic E-state index is 0.102. The molecule has 0 radical (unpaired) electrons. The highest BCUT2D eigenvalue weighted by molar-refractivity contribution is 7.98. The number of aliphatic hydroxyl groups excluding tert-OH is 1. The summed E-state index contributed by atoms with van der Waals surface area (Å²) in [5.74, 6) is -0.627. The van der Waals surface area contributed by atoms with E-state index in [0.29, 0.717) is 17.1 Å². The van der Waals surface area contributed by atoms with Gasteiger partial charge in [-0.3, -0.25) is 0 Å². The van der Waals surface area contributed by atoms with Gasteiger partial charge in [-0.1, -0.05) is 19.1 Å². The first-order chi connectivity index (χ1) is 8.06. The predicted octanol–water partition coefficient (Wildman–Crippen LogP) is 2.39. The second-order valence-electron chi connectivity index (χ2n) is 3.89. The molecule has 0 amide bonds. The Morgan fingerprint density at radius 1 is 1.53 bits per heavy atom. The van der Waals surface area contributed by atoms with Crippen LogP contribution < -0.4 is 0 Å². The Balaban J connectivity index is 2.66. The van der Waals surface area contributed by atoms with Gasteiger partial charge in [-0.05, 0) is 23.3 Å². The molecule has 3 nitrogen and oxygen atoms in total. The smallest absolute Gasteiger partial charge is 0.338 e. The first kappa shape index (κ1) is 14.0. The third kappa shape index (κ3) is 4.02. The summed E-state index contributed by atoms with van der Waals surface area (Å²) in [7, 11) is 0. The molecule has 1 rings (SSSR count). The fraction of sp³-hybridized carbons (Fsp3) is 0.417. The van der Waals surface area contributed by atoms with Crippen LogP contribution in [0, 0.1) is 11.7 Å². The fourth-order valence-electron chi connectivity index (χ4n) is 1.28. The number of halogens is 1. The molecule has 0 heterocycles. The molecule has 0 aliphatic heterocycles. The van der Waals surface area contributed by atoms with E-state index in [1.54, 1.807) is 6.07 Å². The van der Waals surface area contributed by atoms with Crippen LogP contribution in [0.2, 0.25) is 0 Å². The Labute approximate surface area is 104 Å². The first-order valence-corrected chi connectivity index (χ1v) is 6.41. The van der Waals surface area contributed by atoms with Crippen molar-refractivity contribution in [1.82, 2.24) is 0 Å². The van der Waals surface area contributed by atoms with Gasteiger partial charge in [0.15, 0.2) is 0 Å². The van der Waals surface area contributed by atoms with Gasteiger partial charge in [0.25, 0.3) is 0 Å². The molecule has 1 atom stereocenters. The van der Waals surface area contributed by atoms with Crippen molar-refractivity contribution in [2.45, 2.75) is 12.7 Å². The van der Waals surface area contributed by atoms with E-state index < -0.39 is 11.8 Å². The molecule has 5 heteroatoms. The monoisotopic (exact) mass is 258 g/mol. The predicted molar refractivity (Wildman–Crippen MR) is 65.8 cm³/mol. The van der Waals surface area contributed by atoms with Gasteiger partial charge >= 0.3 is 5.97 Å². The maximum absolute atomic E-state index is 13.7. The number of rotatable bonds is 6. The summed E-state index contributed by atoms with van der Waals surface area (Å²) in [6, 6.07) is 4.37. The number of carbonyl (C=O) groups is 1. The maximum atomic E-state index is 13.7. The summed E-state index contributed by atoms with van der Waals surface area (Å²) >= 11 is 1.48. The second-order valence-corrected chi connectivity index (χ2v) is 4.92. The maximum Gasteiger partial charge on any atom is 0.338 e. The zero-order valence-corrected chi connectivity index (χ0v) is 10.3. The minimum Gasteiger partial charge on any atom is -0.478 e. The van der Waals surface area contributed by atoms with Crippen LogP contribution >= 0.6 is 11.8 Å². The van der Waals surface area contributed by atoms with Gasteiger partial charge in [0, 0.05) is 12.4 Å². The zero-order chi connectivity index (χ0) is 12.8. The van der Waals surface area contributed by atoms with E-state index in [0.717, 1.165) is 0 Å². The Morgan fingerprint density at radius 3 is 2.82 bits per heavy atom. The number of benzene rings is 1. The van der Waals surface area contributed by atoms with Crippen molar-refractivity contribution in [2.75, 3.05) is 12.4 Å². The van der Waals surface area contributed by atoms with Crippen LogP contribution in [0.3, 0.4) is 0 Å². The molecule has 0 saturated heterocycles. The van der Waals surface area contributed by atoms with Crippen molar-refractivity contribution in [1.29, 1.82) is 0 Å². The molecule has 0 spiro atoms. The number of hydrogen-bond acceptors (Lipinski definition) is 3. The van der Waals surface area contributed by atoms with E-state index in [-0.39, 0.29) is 18.1 Å². The molecule has 17 heavy (non-hydrogen) atoms. The van der Waals surface area contributed by atoms with Crippen molar-refractivity contribution >= 4 is 17.7 Å². The van der Waals surface area contributed by atoms with Crippen molar-refractivity contribution in [3.05, 3.63) is 35.1 Å². The van der Waals surface area contributed by atoms with Crippen LogP contribution in [0.25, 0.3) is 0 Å². The summed E-state index contributed by atoms with van der Waals surface area (Å²) < 4.78 is 13.7. The van der Waals surface area contributed by atoms with E-state index >= 15 is 0 Å². The number of thioether (sulfide) groups is 1. The number of carboxylic acid groups (broad SMARTS) is 1. The van der Waals surface area contributed by atoms with Crippen molar-refractivity contribution in [3.8, 4) is 0 Å². The van der Waals surface area contributed by atoms with Gasteiger partial charge in [0.1, 0.15) is 5.82 Å². The molecule has 0 saturated carbocycles. The van der Waals surface area contributed by atoms with Crippen LogP contribution in [0.5, 0.6) is 0 Å². The van der Waals surface area contributed by atoms with Gasteiger partial charge < -0.3 is 10.2 Å². The lowest BCUT2D eigenvalue weighted by Crippen LogP contribution is -2.05. The minimum atomic E-state index is -1.25. The van der Waals surface area contributed by atoms with Gasteiger partial charge in [-0.2, -0.15) is 11.8 Å². The SMILES string of the molecule is CC(CO)CSCc1cccc(C(=O)O)c1F. The molecule has 0 aliphatic rings. The molecule has 0 aliphatic carbocycles. The summed E-state index contributed by atoms with van der Waals surface area (Å²) in [4.78, 5) is 10.7. The highest BCUT2D eigenvalue weighted by Gasteiger charge is 2.13. The molecule has 1 aromatic rings. The fourth-order valence-corrected chi connectivity index (χ4v) is 2.35. The number of aliphatic hydroxyl groups is 1. The molecular weight excluding hydrogens is 243 g/mol. The molecule has 0 bridgehead atoms. The van der Waals surface area contributed by atoms with E-state index in [4.69, 9.17) is 10.2 Å². The first-order valence-electron chi connectivity index (χ1n) is 5.25. The Bertz CT molecular complexity index is 395. The van der Waals surface area contributed by atoms with Gasteiger partial charge in [0.05, 0.1) is 5.56 Å². The molecule has 1 unspecified atom stereocenters. The van der Waals surface area contributed by atoms with Gasteiger partial charge in [-0.15, -0.1) is 0 Å². The molecule has 2 N–H and O–H groups in total. The number of carboxylic acids is 1. The van der Waals surface area contributed by atoms with E-state index in [1.165, 1.54) is 23.9 Å². The quantitative estimate of drug-likeness (QED) is 0.822. The summed E-state index contributed by atoms with van der Waals surface area (Å²) in [6.45, 7) is 2.00. The zero-order valence-electron chi connectivity index (χ0n) is 9.52. The highest BCUT2D eigenvalue weighted by Crippen LogP contribution is 2.20. The van der Waals surface area contributed by atoms with Gasteiger partial charge in [-0.25, -0.2) is 9.18 Å². The average molecular weight is 258 g/mol. The standard InChI is InChI=1S/C12H15FO3S/c1-8(5-14)6-17-7-9-3-2-4-10(11(9)13)12(15)16/h2-4,8,14H,5-7H2,1H3,(H,15,16). The van der Waals surface area contributed by atoms with Crippen molar-refractivity contribution in [2.24, 2.45) is 5.92 Å². The lowest BCUT2D eigenvalue weighted by atomic mass is 10.1. The molecule has 94 valence electrons. The van der Waals surface area contributed by atoms with Crippen LogP contribution in [0.15, 0.2) is 18.2 Å². The normalized spacial score (nSPS) is 12.4. The summed E-state index contributed by atoms with van der Waals surface area (Å²) in [6.07, 6.45) is 0. The summed E-state index contributed by atoms with van der Waals surface area (Å²) in [5.41, 5.74) is 0.0957. The third-order valence-corrected chi connectivity index (χ3v) is 3.60. The lowest BCUT2D eigenvalue weighted by Gasteiger charge is -2.08. The van der Waals surface area contributed by atoms with Crippen LogP contribution in [0.4, 0.5) is 4.39 Å². The Hall–Kier alpha value is -1.07. The highest BCUT2D eigenvalue weighted by atomic mass is 32.2. The Morgan fingerprint density at radius 2 is 2.24 bits per heavy atom. The molecule has 0 aromatic heterocycles. The van der Waals surface area contributed by atoms with E-state index in [2.05, 4.69) is 0 Å². The summed E-state index contributed by atoms with van der Waals surface area (Å²) in [5, 5.41) is 17.6. The number of aromatic carboxylic acids is 1. The van der Waals surface area contributed by atoms with Crippen LogP contribution in [-0.4, -0.2) is 28.5 Å². The molecular formula is C12H15FO3S. The van der Waals surface area contributed by atoms with Crippen molar-refractivity contribution < 1.29 is 19.4 Å². The Kier molecular flexibility index (Phi) is 5.44. The molecule has 0 fully saturated rings. The van der Waals surface area contributed by atoms with Crippen molar-refractivity contribution in [3.63, 3.8) is 0 Å². The topological polar surface area (TPSA) is 57.5 Å². The van der Waals surface area contributed by atoms with E-state index in [1.807, 2.05) is 6.92 Å². The van der Waals surface area contributed by atoms with Crippen LogP contribution in [-0.2, 0) is 5.75 Å². The van der Waals surface area contributed by atoms with Gasteiger partial charge in [0.2, 0.25) is 0 Å². The molecule has 1 aromatic carbocycles. The average Bonchev–Trinajstić information content (AvgIpc) is 2.30. The van der Waals surface area contributed by atoms with E-state index in [9.17, 15) is 9.18 Å². The second kappa shape index (κ2) is 6.61. The largest absolute Gasteiger partial charge is 0.478 e. The van der Waals surface area contributed by atoms with Crippen LogP contribution in [0.1, 0.15) is 22.8 Å². The number of hydrogen-bond donors (Lipinski definition) is 2. The third-order valence-electron chi connectivity index (χ3n) is 2.28. The lowest BCUT2D eigenvalue weighted by molar-refractivity contribution is 0.0691.